The van der Waals surface area contributed by atoms with E-state index in [0.717, 1.165) is 12.1 Å². The molecule has 2 aromatic carbocycles. The van der Waals surface area contributed by atoms with Crippen molar-refractivity contribution in [1.29, 1.82) is 0 Å². The summed E-state index contributed by atoms with van der Waals surface area (Å²) < 4.78 is 35.5. The first kappa shape index (κ1) is 14.6. The third kappa shape index (κ3) is 3.62. The maximum Gasteiger partial charge on any atom is 0.343 e. The molecule has 0 aliphatic heterocycles. The van der Waals surface area contributed by atoms with Gasteiger partial charge in [-0.25, -0.2) is 18.4 Å². The van der Waals surface area contributed by atoms with Crippen molar-refractivity contribution < 1.29 is 27.8 Å². The summed E-state index contributed by atoms with van der Waals surface area (Å²) in [6.45, 7) is 0. The van der Waals surface area contributed by atoms with Crippen LogP contribution in [0.15, 0.2) is 42.5 Å². The number of carbonyl (C=O) groups excluding carboxylic acids is 2. The molecule has 0 heterocycles. The van der Waals surface area contributed by atoms with Gasteiger partial charge in [-0.1, -0.05) is 0 Å². The predicted molar refractivity (Wildman–Crippen MR) is 69.1 cm³/mol. The molecule has 0 aliphatic rings. The van der Waals surface area contributed by atoms with Crippen molar-refractivity contribution in [2.45, 2.75) is 0 Å². The molecule has 0 saturated heterocycles. The largest absolute Gasteiger partial charge is 0.465 e. The van der Waals surface area contributed by atoms with Gasteiger partial charge in [0, 0.05) is 6.07 Å². The van der Waals surface area contributed by atoms with Gasteiger partial charge in [0.05, 0.1) is 18.2 Å². The van der Waals surface area contributed by atoms with Gasteiger partial charge in [0.25, 0.3) is 0 Å². The highest BCUT2D eigenvalue weighted by Crippen LogP contribution is 2.16. The van der Waals surface area contributed by atoms with E-state index < -0.39 is 23.6 Å². The molecule has 108 valence electrons. The number of ether oxygens (including phenoxy) is 2. The van der Waals surface area contributed by atoms with Crippen molar-refractivity contribution in [3.63, 3.8) is 0 Å². The van der Waals surface area contributed by atoms with Gasteiger partial charge in [0.2, 0.25) is 0 Å². The number of carbonyl (C=O) groups is 2. The Morgan fingerprint density at radius 1 is 0.857 bits per heavy atom. The normalized spacial score (nSPS) is 10.0. The first-order valence-electron chi connectivity index (χ1n) is 5.86. The van der Waals surface area contributed by atoms with E-state index in [4.69, 9.17) is 4.74 Å². The van der Waals surface area contributed by atoms with Gasteiger partial charge in [0.15, 0.2) is 0 Å². The molecule has 0 atom stereocenters. The minimum absolute atomic E-state index is 0.136. The Morgan fingerprint density at radius 2 is 1.43 bits per heavy atom. The van der Waals surface area contributed by atoms with E-state index in [9.17, 15) is 18.4 Å². The highest BCUT2D eigenvalue weighted by Gasteiger charge is 2.12. The van der Waals surface area contributed by atoms with E-state index in [1.807, 2.05) is 0 Å². The molecule has 4 nitrogen and oxygen atoms in total. The topological polar surface area (TPSA) is 52.6 Å². The number of methoxy groups -OCH3 is 1. The van der Waals surface area contributed by atoms with Gasteiger partial charge in [-0.15, -0.1) is 0 Å². The lowest BCUT2D eigenvalue weighted by Gasteiger charge is -2.05. The third-order valence-electron chi connectivity index (χ3n) is 2.58. The fourth-order valence-corrected chi connectivity index (χ4v) is 1.61. The van der Waals surface area contributed by atoms with Gasteiger partial charge in [0.1, 0.15) is 17.4 Å². The standard InChI is InChI=1S/C15H10F2O4/c1-20-14(18)9-2-4-13(5-3-9)21-15(19)10-6-11(16)8-12(17)7-10/h2-8H,1H3. The van der Waals surface area contributed by atoms with Crippen molar-refractivity contribution in [2.75, 3.05) is 7.11 Å². The van der Waals surface area contributed by atoms with Crippen molar-refractivity contribution >= 4 is 11.9 Å². The lowest BCUT2D eigenvalue weighted by Crippen LogP contribution is -2.09. The summed E-state index contributed by atoms with van der Waals surface area (Å²) in [5, 5.41) is 0. The first-order valence-corrected chi connectivity index (χ1v) is 5.86. The second-order valence-corrected chi connectivity index (χ2v) is 4.06. The van der Waals surface area contributed by atoms with Gasteiger partial charge >= 0.3 is 11.9 Å². The Hall–Kier alpha value is -2.76. The molecule has 0 radical (unpaired) electrons. The minimum atomic E-state index is -0.904. The van der Waals surface area contributed by atoms with Gasteiger partial charge in [-0.2, -0.15) is 0 Å². The number of benzene rings is 2. The van der Waals surface area contributed by atoms with Crippen LogP contribution >= 0.6 is 0 Å². The van der Waals surface area contributed by atoms with E-state index in [2.05, 4.69) is 4.74 Å². The number of esters is 2. The SMILES string of the molecule is COC(=O)c1ccc(OC(=O)c2cc(F)cc(F)c2)cc1. The van der Waals surface area contributed by atoms with Crippen LogP contribution in [0.25, 0.3) is 0 Å². The highest BCUT2D eigenvalue weighted by molar-refractivity contribution is 5.92. The number of hydrogen-bond donors (Lipinski definition) is 0. The summed E-state index contributed by atoms with van der Waals surface area (Å²) in [7, 11) is 1.24. The third-order valence-corrected chi connectivity index (χ3v) is 2.58. The van der Waals surface area contributed by atoms with Gasteiger partial charge in [-0.05, 0) is 36.4 Å². The molecule has 21 heavy (non-hydrogen) atoms. The Labute approximate surface area is 118 Å². The first-order chi connectivity index (χ1) is 9.99. The summed E-state index contributed by atoms with van der Waals surface area (Å²) in [5.74, 6) is -3.04. The van der Waals surface area contributed by atoms with Gasteiger partial charge in [-0.3, -0.25) is 0 Å². The van der Waals surface area contributed by atoms with Crippen LogP contribution in [0.2, 0.25) is 0 Å². The summed E-state index contributed by atoms with van der Waals surface area (Å²) in [5.41, 5.74) is 0.0404. The lowest BCUT2D eigenvalue weighted by atomic mass is 10.2. The number of halogens is 2. The fourth-order valence-electron chi connectivity index (χ4n) is 1.61. The second kappa shape index (κ2) is 6.13. The van der Waals surface area contributed by atoms with E-state index in [-0.39, 0.29) is 16.9 Å². The van der Waals surface area contributed by atoms with Crippen molar-refractivity contribution in [1.82, 2.24) is 0 Å². The van der Waals surface area contributed by atoms with Crippen LogP contribution in [0.4, 0.5) is 8.78 Å². The van der Waals surface area contributed by atoms with Crippen LogP contribution in [0, 0.1) is 11.6 Å². The molecular weight excluding hydrogens is 282 g/mol. The number of hydrogen-bond acceptors (Lipinski definition) is 4. The Kier molecular flexibility index (Phi) is 4.27. The van der Waals surface area contributed by atoms with Crippen LogP contribution in [0.5, 0.6) is 5.75 Å². The molecule has 0 fully saturated rings. The monoisotopic (exact) mass is 292 g/mol. The molecule has 0 saturated carbocycles. The van der Waals surface area contributed by atoms with Crippen molar-refractivity contribution in [3.05, 3.63) is 65.2 Å². The molecule has 0 unspecified atom stereocenters. The van der Waals surface area contributed by atoms with E-state index in [0.29, 0.717) is 6.07 Å². The molecule has 0 amide bonds. The molecule has 6 heteroatoms. The van der Waals surface area contributed by atoms with E-state index in [1.165, 1.54) is 31.4 Å². The lowest BCUT2D eigenvalue weighted by molar-refractivity contribution is 0.0600. The van der Waals surface area contributed by atoms with Crippen LogP contribution in [0.1, 0.15) is 20.7 Å². The zero-order chi connectivity index (χ0) is 15.4. The van der Waals surface area contributed by atoms with Crippen molar-refractivity contribution in [2.24, 2.45) is 0 Å². The summed E-state index contributed by atoms with van der Waals surface area (Å²) in [4.78, 5) is 23.0. The second-order valence-electron chi connectivity index (χ2n) is 4.06. The van der Waals surface area contributed by atoms with Crippen LogP contribution in [0.3, 0.4) is 0 Å². The maximum atomic E-state index is 13.0. The Balaban J connectivity index is 2.14. The molecule has 0 aliphatic carbocycles. The Bertz CT molecular complexity index is 660. The molecule has 0 spiro atoms. The van der Waals surface area contributed by atoms with Crippen molar-refractivity contribution in [3.8, 4) is 5.75 Å². The van der Waals surface area contributed by atoms with Crippen LogP contribution in [-0.2, 0) is 4.74 Å². The molecule has 2 rings (SSSR count). The van der Waals surface area contributed by atoms with Crippen LogP contribution < -0.4 is 4.74 Å². The molecular formula is C15H10F2O4. The highest BCUT2D eigenvalue weighted by atomic mass is 19.1. The van der Waals surface area contributed by atoms with E-state index >= 15 is 0 Å². The average molecular weight is 292 g/mol. The molecule has 0 N–H and O–H groups in total. The van der Waals surface area contributed by atoms with E-state index in [1.54, 1.807) is 0 Å². The average Bonchev–Trinajstić information content (AvgIpc) is 2.46. The summed E-state index contributed by atoms with van der Waals surface area (Å²) >= 11 is 0. The smallest absolute Gasteiger partial charge is 0.343 e. The molecule has 2 aromatic rings. The summed E-state index contributed by atoms with van der Waals surface area (Å²) in [6.07, 6.45) is 0. The minimum Gasteiger partial charge on any atom is -0.465 e. The fraction of sp³-hybridized carbons (Fsp3) is 0.0667. The zero-order valence-corrected chi connectivity index (χ0v) is 10.9. The number of rotatable bonds is 3. The quantitative estimate of drug-likeness (QED) is 0.644. The summed E-state index contributed by atoms with van der Waals surface area (Å²) in [6, 6.07) is 7.95. The molecule has 0 bridgehead atoms. The zero-order valence-electron chi connectivity index (χ0n) is 10.9. The molecule has 0 aromatic heterocycles. The Morgan fingerprint density at radius 3 is 1.95 bits per heavy atom. The predicted octanol–water partition coefficient (Wildman–Crippen LogP) is 2.97. The van der Waals surface area contributed by atoms with Gasteiger partial charge < -0.3 is 9.47 Å². The van der Waals surface area contributed by atoms with Crippen LogP contribution in [-0.4, -0.2) is 19.0 Å². The maximum absolute atomic E-state index is 13.0.